The molecule has 0 aliphatic carbocycles. The second-order valence-corrected chi connectivity index (χ2v) is 4.50. The summed E-state index contributed by atoms with van der Waals surface area (Å²) < 4.78 is 35.7. The van der Waals surface area contributed by atoms with E-state index in [0.717, 1.165) is 10.7 Å². The van der Waals surface area contributed by atoms with E-state index in [1.165, 1.54) is 7.05 Å². The van der Waals surface area contributed by atoms with Crippen LogP contribution in [0.2, 0.25) is 0 Å². The zero-order chi connectivity index (χ0) is 12.8. The summed E-state index contributed by atoms with van der Waals surface area (Å²) in [4.78, 5) is 12.5. The second-order valence-electron chi connectivity index (χ2n) is 3.51. The molecule has 3 nitrogen and oxygen atoms in total. The van der Waals surface area contributed by atoms with Crippen molar-refractivity contribution in [3.8, 4) is 0 Å². The standard InChI is InChI=1S/C9H17F3N2OS/c1-14(5-4-9(10,11)12)8(15)7(13)3-6-16-2/h7H,3-6,13H2,1-2H3/t7-/m1/s1. The van der Waals surface area contributed by atoms with Crippen LogP contribution in [0.3, 0.4) is 0 Å². The summed E-state index contributed by atoms with van der Waals surface area (Å²) >= 11 is 1.55. The van der Waals surface area contributed by atoms with Gasteiger partial charge in [0.15, 0.2) is 0 Å². The van der Waals surface area contributed by atoms with E-state index in [9.17, 15) is 18.0 Å². The lowest BCUT2D eigenvalue weighted by molar-refractivity contribution is -0.144. The fraction of sp³-hybridized carbons (Fsp3) is 0.889. The van der Waals surface area contributed by atoms with Crippen LogP contribution < -0.4 is 5.73 Å². The SMILES string of the molecule is CSCC[C@@H](N)C(=O)N(C)CCC(F)(F)F. The molecule has 0 unspecified atom stereocenters. The maximum Gasteiger partial charge on any atom is 0.390 e. The van der Waals surface area contributed by atoms with Crippen LogP contribution in [0, 0.1) is 0 Å². The van der Waals surface area contributed by atoms with E-state index in [1.807, 2.05) is 6.26 Å². The maximum absolute atomic E-state index is 11.9. The zero-order valence-corrected chi connectivity index (χ0v) is 10.2. The smallest absolute Gasteiger partial charge is 0.344 e. The van der Waals surface area contributed by atoms with Gasteiger partial charge in [-0.2, -0.15) is 24.9 Å². The number of halogens is 3. The number of nitrogens with two attached hydrogens (primary N) is 1. The maximum atomic E-state index is 11.9. The summed E-state index contributed by atoms with van der Waals surface area (Å²) in [5.41, 5.74) is 5.56. The number of rotatable bonds is 6. The summed E-state index contributed by atoms with van der Waals surface area (Å²) in [6.07, 6.45) is -2.87. The molecule has 0 aromatic heterocycles. The van der Waals surface area contributed by atoms with Crippen molar-refractivity contribution < 1.29 is 18.0 Å². The van der Waals surface area contributed by atoms with Gasteiger partial charge in [0, 0.05) is 13.6 Å². The average molecular weight is 258 g/mol. The summed E-state index contributed by atoms with van der Waals surface area (Å²) in [5, 5.41) is 0. The molecule has 0 fully saturated rings. The molecular formula is C9H17F3N2OS. The predicted octanol–water partition coefficient (Wildman–Crippen LogP) is 1.48. The van der Waals surface area contributed by atoms with Crippen molar-refractivity contribution in [3.63, 3.8) is 0 Å². The van der Waals surface area contributed by atoms with E-state index in [4.69, 9.17) is 5.73 Å². The number of hydrogen-bond donors (Lipinski definition) is 1. The van der Waals surface area contributed by atoms with Crippen molar-refractivity contribution in [2.24, 2.45) is 5.73 Å². The van der Waals surface area contributed by atoms with E-state index in [0.29, 0.717) is 6.42 Å². The number of carbonyl (C=O) groups is 1. The summed E-state index contributed by atoms with van der Waals surface area (Å²) in [6.45, 7) is -0.338. The highest BCUT2D eigenvalue weighted by molar-refractivity contribution is 7.98. The Morgan fingerprint density at radius 2 is 2.06 bits per heavy atom. The molecule has 0 saturated carbocycles. The molecule has 1 atom stereocenters. The van der Waals surface area contributed by atoms with Gasteiger partial charge < -0.3 is 10.6 Å². The van der Waals surface area contributed by atoms with Crippen LogP contribution in [0.25, 0.3) is 0 Å². The van der Waals surface area contributed by atoms with E-state index in [1.54, 1.807) is 11.8 Å². The van der Waals surface area contributed by atoms with Crippen LogP contribution >= 0.6 is 11.8 Å². The Morgan fingerprint density at radius 3 is 2.50 bits per heavy atom. The Balaban J connectivity index is 3.98. The monoisotopic (exact) mass is 258 g/mol. The lowest BCUT2D eigenvalue weighted by Gasteiger charge is -2.21. The number of thioether (sulfide) groups is 1. The highest BCUT2D eigenvalue weighted by Gasteiger charge is 2.28. The molecule has 0 aromatic rings. The normalized spacial score (nSPS) is 13.6. The van der Waals surface area contributed by atoms with Crippen molar-refractivity contribution >= 4 is 17.7 Å². The summed E-state index contributed by atoms with van der Waals surface area (Å²) in [7, 11) is 1.34. The average Bonchev–Trinajstić information content (AvgIpc) is 2.20. The first-order valence-electron chi connectivity index (χ1n) is 4.84. The van der Waals surface area contributed by atoms with Gasteiger partial charge in [0.2, 0.25) is 5.91 Å². The molecule has 2 N–H and O–H groups in total. The zero-order valence-electron chi connectivity index (χ0n) is 9.38. The van der Waals surface area contributed by atoms with Gasteiger partial charge in [0.05, 0.1) is 12.5 Å². The largest absolute Gasteiger partial charge is 0.390 e. The first kappa shape index (κ1) is 15.6. The van der Waals surface area contributed by atoms with Gasteiger partial charge in [-0.3, -0.25) is 4.79 Å². The number of alkyl halides is 3. The Morgan fingerprint density at radius 1 is 1.50 bits per heavy atom. The summed E-state index contributed by atoms with van der Waals surface area (Å²) in [5.74, 6) is 0.290. The Bertz CT molecular complexity index is 223. The lowest BCUT2D eigenvalue weighted by Crippen LogP contribution is -2.43. The fourth-order valence-electron chi connectivity index (χ4n) is 1.06. The molecular weight excluding hydrogens is 241 g/mol. The Hall–Kier alpha value is -0.430. The third kappa shape index (κ3) is 6.95. The molecule has 96 valence electrons. The molecule has 1 amide bonds. The van der Waals surface area contributed by atoms with Crippen LogP contribution in [-0.4, -0.2) is 48.6 Å². The molecule has 0 aromatic carbocycles. The van der Waals surface area contributed by atoms with Crippen molar-refractivity contribution in [1.82, 2.24) is 4.90 Å². The van der Waals surface area contributed by atoms with Gasteiger partial charge in [-0.05, 0) is 18.4 Å². The van der Waals surface area contributed by atoms with E-state index < -0.39 is 24.5 Å². The van der Waals surface area contributed by atoms with Crippen molar-refractivity contribution in [3.05, 3.63) is 0 Å². The molecule has 0 bridgehead atoms. The van der Waals surface area contributed by atoms with Crippen molar-refractivity contribution in [2.75, 3.05) is 25.6 Å². The number of likely N-dealkylation sites (N-methyl/N-ethyl adjacent to an activating group) is 1. The van der Waals surface area contributed by atoms with Gasteiger partial charge in [-0.1, -0.05) is 0 Å². The van der Waals surface area contributed by atoms with E-state index in [-0.39, 0.29) is 6.54 Å². The second kappa shape index (κ2) is 7.01. The van der Waals surface area contributed by atoms with Crippen molar-refractivity contribution in [2.45, 2.75) is 25.1 Å². The number of nitrogens with zero attached hydrogens (tertiary/aromatic N) is 1. The fourth-order valence-corrected chi connectivity index (χ4v) is 1.55. The number of carbonyl (C=O) groups excluding carboxylic acids is 1. The van der Waals surface area contributed by atoms with Gasteiger partial charge in [0.25, 0.3) is 0 Å². The Kier molecular flexibility index (Phi) is 6.82. The van der Waals surface area contributed by atoms with E-state index >= 15 is 0 Å². The molecule has 0 saturated heterocycles. The first-order valence-corrected chi connectivity index (χ1v) is 6.23. The van der Waals surface area contributed by atoms with Gasteiger partial charge in [0.1, 0.15) is 0 Å². The Labute approximate surface area is 97.5 Å². The highest BCUT2D eigenvalue weighted by Crippen LogP contribution is 2.19. The molecule has 7 heteroatoms. The quantitative estimate of drug-likeness (QED) is 0.785. The predicted molar refractivity (Wildman–Crippen MR) is 59.3 cm³/mol. The molecule has 0 rings (SSSR count). The van der Waals surface area contributed by atoms with Crippen LogP contribution in [0.15, 0.2) is 0 Å². The summed E-state index contributed by atoms with van der Waals surface area (Å²) in [6, 6.07) is -0.703. The van der Waals surface area contributed by atoms with Crippen LogP contribution in [0.4, 0.5) is 13.2 Å². The third-order valence-electron chi connectivity index (χ3n) is 2.06. The van der Waals surface area contributed by atoms with Gasteiger partial charge in [-0.25, -0.2) is 0 Å². The number of amides is 1. The minimum Gasteiger partial charge on any atom is -0.344 e. The van der Waals surface area contributed by atoms with Crippen LogP contribution in [-0.2, 0) is 4.79 Å². The van der Waals surface area contributed by atoms with Crippen molar-refractivity contribution in [1.29, 1.82) is 0 Å². The first-order chi connectivity index (χ1) is 7.28. The highest BCUT2D eigenvalue weighted by atomic mass is 32.2. The molecule has 0 spiro atoms. The minimum atomic E-state index is -4.24. The molecule has 0 aliphatic heterocycles. The van der Waals surface area contributed by atoms with Gasteiger partial charge in [-0.15, -0.1) is 0 Å². The molecule has 16 heavy (non-hydrogen) atoms. The van der Waals surface area contributed by atoms with E-state index in [2.05, 4.69) is 0 Å². The third-order valence-corrected chi connectivity index (χ3v) is 2.70. The number of hydrogen-bond acceptors (Lipinski definition) is 3. The lowest BCUT2D eigenvalue weighted by atomic mass is 10.2. The minimum absolute atomic E-state index is 0.338. The molecule has 0 heterocycles. The topological polar surface area (TPSA) is 46.3 Å². The molecule has 0 aliphatic rings. The van der Waals surface area contributed by atoms with Crippen LogP contribution in [0.1, 0.15) is 12.8 Å². The molecule has 0 radical (unpaired) electrons. The van der Waals surface area contributed by atoms with Crippen LogP contribution in [0.5, 0.6) is 0 Å². The van der Waals surface area contributed by atoms with Gasteiger partial charge >= 0.3 is 6.18 Å².